The number of aliphatic hydroxyl groups excluding tert-OH is 18. The summed E-state index contributed by atoms with van der Waals surface area (Å²) in [6, 6.07) is -6.89. The topological polar surface area (TPSA) is 700 Å². The Morgan fingerprint density at radius 3 is 1.32 bits per heavy atom. The summed E-state index contributed by atoms with van der Waals surface area (Å²) < 4.78 is 78.3. The highest BCUT2D eigenvalue weighted by Crippen LogP contribution is 2.39. The van der Waals surface area contributed by atoms with Crippen LogP contribution in [0, 0.1) is 0 Å². The highest BCUT2D eigenvalue weighted by Gasteiger charge is 2.60. The van der Waals surface area contributed by atoms with Gasteiger partial charge in [-0.15, -0.1) is 0 Å². The third kappa shape index (κ3) is 22.6. The van der Waals surface area contributed by atoms with E-state index in [-0.39, 0.29) is 35.7 Å². The molecule has 648 valence electrons. The summed E-state index contributed by atoms with van der Waals surface area (Å²) in [6.07, 6.45) is -58.6. The first kappa shape index (κ1) is 92.1. The highest BCUT2D eigenvalue weighted by atomic mass is 32.2. The van der Waals surface area contributed by atoms with Crippen LogP contribution in [0.25, 0.3) is 0 Å². The van der Waals surface area contributed by atoms with Crippen LogP contribution in [0.3, 0.4) is 0 Å². The summed E-state index contributed by atoms with van der Waals surface area (Å²) in [6.45, 7) is -2.92. The first-order chi connectivity index (χ1) is 53.8. The largest absolute Gasteiger partial charge is 0.394 e. The number of amides is 8. The van der Waals surface area contributed by atoms with Crippen molar-refractivity contribution in [3.05, 3.63) is 0 Å². The quantitative estimate of drug-likeness (QED) is 0.0207. The van der Waals surface area contributed by atoms with Gasteiger partial charge in [0.05, 0.1) is 58.3 Å². The minimum Gasteiger partial charge on any atom is -0.394 e. The Morgan fingerprint density at radius 2 is 0.796 bits per heavy atom. The molecule has 38 atom stereocenters. The van der Waals surface area contributed by atoms with Gasteiger partial charge >= 0.3 is 6.03 Å². The van der Waals surface area contributed by atoms with Crippen LogP contribution in [-0.4, -0.2) is 424 Å². The maximum atomic E-state index is 13.5. The minimum absolute atomic E-state index is 0.0710. The maximum Gasteiger partial charge on any atom is 0.315 e. The second-order valence-electron chi connectivity index (χ2n) is 29.2. The van der Waals surface area contributed by atoms with Crippen molar-refractivity contribution in [3.63, 3.8) is 0 Å². The summed E-state index contributed by atoms with van der Waals surface area (Å²) >= 11 is 1.79. The standard InChI is InChI=1S/C66H110N8O38S/c1-22(81)68-38-49(94)54(31(18-79)101-59(38)73-36(86)12-6-5-9-13-67-35(85)11-8-7-10-34-37-26(21-113-34)72-66(99)74-37)108-62-41(71-25(4)84)50(95)55(32(19-80)106-62)109-63-53(98)56(110-65-58(52(97)45(90)30(17-78)105-65)112-61-40(70-24(3)83)48(93)43(88)28(15-76)103-61)46(91)33(107-63)20-100-64-57(51(96)44(89)29(16-77)104-64)111-60-39(69-23(2)82)47(92)42(87)27(14-75)102-60/h26-34,37-65,75-80,87-98H,5-21H2,1-4H3,(H,67,85)(H,68,81)(H,69,82)(H,70,83)(H,71,84)(H,73,86)(H2,72,74,99). The van der Waals surface area contributed by atoms with Gasteiger partial charge in [0.25, 0.3) is 0 Å². The maximum absolute atomic E-state index is 13.5. The van der Waals surface area contributed by atoms with Gasteiger partial charge in [-0.25, -0.2) is 4.79 Å². The molecule has 9 saturated heterocycles. The number of rotatable bonds is 35. The summed E-state index contributed by atoms with van der Waals surface area (Å²) in [5.74, 6) is -3.24. The first-order valence-electron chi connectivity index (χ1n) is 37.4. The average molecular weight is 1660 g/mol. The van der Waals surface area contributed by atoms with Gasteiger partial charge < -0.3 is 196 Å². The zero-order chi connectivity index (χ0) is 82.6. The van der Waals surface area contributed by atoms with E-state index in [1.54, 1.807) is 11.8 Å². The molecule has 9 fully saturated rings. The minimum atomic E-state index is -2.48. The predicted molar refractivity (Wildman–Crippen MR) is 370 cm³/mol. The molecule has 0 aromatic carbocycles. The van der Waals surface area contributed by atoms with Crippen LogP contribution < -0.4 is 42.5 Å². The van der Waals surface area contributed by atoms with Gasteiger partial charge in [0, 0.05) is 58.1 Å². The zero-order valence-electron chi connectivity index (χ0n) is 62.1. The van der Waals surface area contributed by atoms with E-state index in [2.05, 4.69) is 42.5 Å². The molecule has 0 saturated carbocycles. The van der Waals surface area contributed by atoms with E-state index >= 15 is 0 Å². The Hall–Kier alpha value is -4.80. The molecular formula is C66H110N8O38S. The number of hydrogen-bond acceptors (Lipinski definition) is 39. The van der Waals surface area contributed by atoms with Crippen LogP contribution in [0.1, 0.15) is 79.1 Å². The molecule has 9 aliphatic rings. The van der Waals surface area contributed by atoms with E-state index < -0.39 is 290 Å². The summed E-state index contributed by atoms with van der Waals surface area (Å²) in [5, 5.41) is 223. The first-order valence-corrected chi connectivity index (χ1v) is 38.4. The van der Waals surface area contributed by atoms with Crippen LogP contribution in [0.2, 0.25) is 0 Å². The third-order valence-corrected chi connectivity index (χ3v) is 22.5. The molecule has 47 heteroatoms. The zero-order valence-corrected chi connectivity index (χ0v) is 62.9. The lowest BCUT2D eigenvalue weighted by Gasteiger charge is -2.51. The van der Waals surface area contributed by atoms with Crippen LogP contribution >= 0.6 is 11.8 Å². The summed E-state index contributed by atoms with van der Waals surface area (Å²) in [4.78, 5) is 88.6. The number of carbonyl (C=O) groups excluding carboxylic acids is 7. The third-order valence-electron chi connectivity index (χ3n) is 21.0. The molecule has 9 heterocycles. The number of aliphatic hydroxyl groups is 18. The Labute approximate surface area is 650 Å². The molecule has 0 bridgehead atoms. The van der Waals surface area contributed by atoms with E-state index in [1.165, 1.54) is 0 Å². The second-order valence-corrected chi connectivity index (χ2v) is 30.4. The summed E-state index contributed by atoms with van der Waals surface area (Å²) in [5.41, 5.74) is 0. The predicted octanol–water partition coefficient (Wildman–Crippen LogP) is -14.2. The molecule has 9 rings (SSSR count). The molecule has 26 N–H and O–H groups in total. The number of nitrogens with one attached hydrogen (secondary N) is 8. The van der Waals surface area contributed by atoms with Crippen LogP contribution in [0.15, 0.2) is 0 Å². The van der Waals surface area contributed by atoms with E-state index in [1.807, 2.05) is 0 Å². The number of ether oxygens (including phenoxy) is 13. The lowest BCUT2D eigenvalue weighted by atomic mass is 9.93. The van der Waals surface area contributed by atoms with Crippen molar-refractivity contribution in [1.29, 1.82) is 0 Å². The molecule has 0 radical (unpaired) electrons. The Morgan fingerprint density at radius 1 is 0.389 bits per heavy atom. The number of urea groups is 1. The van der Waals surface area contributed by atoms with Crippen LogP contribution in [-0.2, 0) is 90.3 Å². The van der Waals surface area contributed by atoms with Gasteiger partial charge in [-0.1, -0.05) is 12.8 Å². The number of fused-ring (bicyclic) bond motifs is 1. The molecule has 46 nitrogen and oxygen atoms in total. The van der Waals surface area contributed by atoms with Crippen molar-refractivity contribution in [2.24, 2.45) is 0 Å². The van der Waals surface area contributed by atoms with Gasteiger partial charge in [0.2, 0.25) is 35.4 Å². The SMILES string of the molecule is CC(=O)NC1C(NC(=O)CCCCCNC(=O)CCCCC2SCC3NC(=O)NC32)OC(CO)C(OC2OC(CO)C(OC3OC(COC4OC(CO)C(O)C(O)C4OC4OC(CO)C(O)C(O)C4NC(C)=O)C(O)C(OC4OC(CO)C(O)C(O)C4OC4OC(CO)C(O)C(O)C4NC(C)=O)C3O)C(O)C2NC(C)=O)C1O. The molecule has 8 amide bonds. The van der Waals surface area contributed by atoms with Crippen LogP contribution in [0.5, 0.6) is 0 Å². The highest BCUT2D eigenvalue weighted by molar-refractivity contribution is 8.00. The fourth-order valence-electron chi connectivity index (χ4n) is 15.0. The van der Waals surface area contributed by atoms with Gasteiger partial charge in [0.15, 0.2) is 44.0 Å². The molecule has 0 aromatic rings. The van der Waals surface area contributed by atoms with Crippen molar-refractivity contribution in [1.82, 2.24) is 42.5 Å². The van der Waals surface area contributed by atoms with Crippen LogP contribution in [0.4, 0.5) is 4.79 Å². The smallest absolute Gasteiger partial charge is 0.315 e. The van der Waals surface area contributed by atoms with Gasteiger partial charge in [-0.05, 0) is 25.7 Å². The van der Waals surface area contributed by atoms with Gasteiger partial charge in [-0.3, -0.25) is 28.8 Å². The van der Waals surface area contributed by atoms with Gasteiger partial charge in [-0.2, -0.15) is 11.8 Å². The lowest BCUT2D eigenvalue weighted by Crippen LogP contribution is -2.71. The summed E-state index contributed by atoms with van der Waals surface area (Å²) in [7, 11) is 0. The van der Waals surface area contributed by atoms with E-state index in [0.29, 0.717) is 38.6 Å². The Bertz CT molecular complexity index is 3090. The number of thioether (sulfide) groups is 1. The van der Waals surface area contributed by atoms with Crippen molar-refractivity contribution in [2.75, 3.05) is 58.5 Å². The molecule has 0 spiro atoms. The molecule has 0 aromatic heterocycles. The van der Waals surface area contributed by atoms with E-state index in [0.717, 1.165) is 46.3 Å². The average Bonchev–Trinajstić information content (AvgIpc) is 1.46. The molecule has 38 unspecified atom stereocenters. The van der Waals surface area contributed by atoms with E-state index in [9.17, 15) is 125 Å². The second kappa shape index (κ2) is 42.2. The fraction of sp³-hybridized carbons (Fsp3) is 0.894. The lowest BCUT2D eigenvalue weighted by molar-refractivity contribution is -0.395. The number of hydrogen-bond donors (Lipinski definition) is 26. The van der Waals surface area contributed by atoms with Gasteiger partial charge in [0.1, 0.15) is 171 Å². The van der Waals surface area contributed by atoms with Crippen molar-refractivity contribution in [2.45, 2.75) is 311 Å². The van der Waals surface area contributed by atoms with Crippen molar-refractivity contribution >= 4 is 53.2 Å². The Balaban J connectivity index is 0.928. The van der Waals surface area contributed by atoms with Crippen molar-refractivity contribution in [3.8, 4) is 0 Å². The van der Waals surface area contributed by atoms with Crippen molar-refractivity contribution < 1.29 is 187 Å². The fourth-order valence-corrected chi connectivity index (χ4v) is 16.6. The molecule has 0 aliphatic carbocycles. The monoisotopic (exact) mass is 1650 g/mol. The normalized spacial score (nSPS) is 43.3. The molecule has 9 aliphatic heterocycles. The van der Waals surface area contributed by atoms with E-state index in [4.69, 9.17) is 61.6 Å². The molecular weight excluding hydrogens is 1540 g/mol. The Kier molecular flexibility index (Phi) is 34.4. The molecule has 113 heavy (non-hydrogen) atoms. The number of carbonyl (C=O) groups is 7. The number of unbranched alkanes of at least 4 members (excludes halogenated alkanes) is 3.